The van der Waals surface area contributed by atoms with Crippen LogP contribution in [0.2, 0.25) is 0 Å². The predicted octanol–water partition coefficient (Wildman–Crippen LogP) is 4.00. The molecule has 0 amide bonds. The Bertz CT molecular complexity index is 1320. The number of hydrogen-bond donors (Lipinski definition) is 2. The summed E-state index contributed by atoms with van der Waals surface area (Å²) in [5, 5.41) is 31.2. The third kappa shape index (κ3) is 2.78. The van der Waals surface area contributed by atoms with Crippen molar-refractivity contribution in [3.05, 3.63) is 42.1 Å². The first kappa shape index (κ1) is 24.1. The fraction of sp³-hybridized carbons (Fsp3) is 0.655. The number of fused-ring (bicyclic) bond motifs is 2. The zero-order valence-electron chi connectivity index (χ0n) is 21.6. The van der Waals surface area contributed by atoms with Crippen LogP contribution in [-0.4, -0.2) is 80.2 Å². The first-order valence-electron chi connectivity index (χ1n) is 13.5. The Kier molecular flexibility index (Phi) is 4.78. The van der Waals surface area contributed by atoms with E-state index in [1.165, 1.54) is 5.57 Å². The van der Waals surface area contributed by atoms with E-state index in [4.69, 9.17) is 4.74 Å². The average Bonchev–Trinajstić information content (AvgIpc) is 3.42. The Morgan fingerprint density at radius 2 is 1.89 bits per heavy atom. The number of likely N-dealkylation sites (N-methyl/N-ethyl adjacent to an activating group) is 1. The summed E-state index contributed by atoms with van der Waals surface area (Å²) in [7, 11) is 3.63. The van der Waals surface area contributed by atoms with Gasteiger partial charge in [-0.1, -0.05) is 25.1 Å². The van der Waals surface area contributed by atoms with Crippen LogP contribution in [0.4, 0.5) is 8.78 Å². The summed E-state index contributed by atoms with van der Waals surface area (Å²) in [6.45, 7) is 2.21. The van der Waals surface area contributed by atoms with Gasteiger partial charge in [-0.2, -0.15) is 10.2 Å². The van der Waals surface area contributed by atoms with Gasteiger partial charge in [0.1, 0.15) is 23.0 Å². The summed E-state index contributed by atoms with van der Waals surface area (Å²) in [5.41, 5.74) is -3.94. The van der Waals surface area contributed by atoms with Gasteiger partial charge in [-0.15, -0.1) is 0 Å². The van der Waals surface area contributed by atoms with E-state index in [2.05, 4.69) is 35.3 Å². The van der Waals surface area contributed by atoms with Gasteiger partial charge in [-0.25, -0.2) is 8.78 Å². The molecule has 1 aromatic heterocycles. The molecular weight excluding hydrogens is 476 g/mol. The molecule has 198 valence electrons. The molecule has 37 heavy (non-hydrogen) atoms. The zero-order valence-corrected chi connectivity index (χ0v) is 21.6. The van der Waals surface area contributed by atoms with E-state index in [-0.39, 0.29) is 24.2 Å². The number of nitrogens with zero attached hydrogens (tertiary/aromatic N) is 3. The number of allylic oxidation sites excluding steroid dienone is 2. The Balaban J connectivity index is 1.29. The third-order valence-corrected chi connectivity index (χ3v) is 11.1. The summed E-state index contributed by atoms with van der Waals surface area (Å²) in [6, 6.07) is 7.68. The van der Waals surface area contributed by atoms with Crippen molar-refractivity contribution < 1.29 is 23.7 Å². The van der Waals surface area contributed by atoms with Crippen molar-refractivity contribution in [2.45, 2.75) is 92.7 Å². The lowest BCUT2D eigenvalue weighted by Gasteiger charge is -2.65. The molecule has 9 unspecified atom stereocenters. The summed E-state index contributed by atoms with van der Waals surface area (Å²) in [5.74, 6) is -0.142. The number of benzene rings is 1. The van der Waals surface area contributed by atoms with Crippen LogP contribution in [0.1, 0.15) is 57.4 Å². The van der Waals surface area contributed by atoms with E-state index in [0.717, 1.165) is 16.5 Å². The Labute approximate surface area is 215 Å². The topological polar surface area (TPSA) is 78.7 Å². The van der Waals surface area contributed by atoms with Gasteiger partial charge in [0.15, 0.2) is 5.67 Å². The van der Waals surface area contributed by atoms with Crippen molar-refractivity contribution in [1.82, 2.24) is 15.1 Å². The quantitative estimate of drug-likeness (QED) is 0.635. The minimum atomic E-state index is -2.33. The number of hydrogen-bond acceptors (Lipinski definition) is 6. The maximum atomic E-state index is 17.2. The summed E-state index contributed by atoms with van der Waals surface area (Å²) in [4.78, 5) is 1.82. The van der Waals surface area contributed by atoms with E-state index >= 15 is 8.78 Å². The Morgan fingerprint density at radius 3 is 2.68 bits per heavy atom. The molecule has 0 radical (unpaired) electrons. The van der Waals surface area contributed by atoms with E-state index < -0.39 is 47.2 Å². The SMILES string of the molecule is CN(C)C1CC23CCC4(O2)C2CC=C(c5ccc6ccnnc6c5)C2(C)CCC4(F)CC3(F)C(O)C1O. The van der Waals surface area contributed by atoms with E-state index in [1.54, 1.807) is 6.20 Å². The third-order valence-electron chi connectivity index (χ3n) is 11.1. The van der Waals surface area contributed by atoms with Crippen molar-refractivity contribution in [3.8, 4) is 0 Å². The molecule has 1 aromatic carbocycles. The maximum Gasteiger partial charge on any atom is 0.171 e. The number of aliphatic hydroxyl groups is 2. The standard InChI is InChI=1S/C29H35F2N3O3/c1-25-9-10-26(30)16-28(31)24(36)23(35)21(34(2)3)15-27(28)11-12-29(26,37-27)22(25)7-6-19(25)18-5-4-17-8-13-32-33-20(17)14-18/h4-6,8,13-14,21-24,35-36H,7,9-12,15-16H2,1-3H3. The number of alkyl halides is 2. The summed E-state index contributed by atoms with van der Waals surface area (Å²) in [6.07, 6.45) is 2.86. The van der Waals surface area contributed by atoms with Crippen LogP contribution in [0, 0.1) is 11.3 Å². The van der Waals surface area contributed by atoms with Crippen LogP contribution in [0.15, 0.2) is 36.5 Å². The minimum Gasteiger partial charge on any atom is -0.389 e. The molecule has 2 saturated heterocycles. The lowest BCUT2D eigenvalue weighted by Crippen LogP contribution is -2.78. The normalized spacial score (nSPS) is 48.5. The van der Waals surface area contributed by atoms with Gasteiger partial charge >= 0.3 is 0 Å². The number of aromatic nitrogens is 2. The van der Waals surface area contributed by atoms with Crippen molar-refractivity contribution in [2.75, 3.05) is 14.1 Å². The number of halogens is 2. The molecule has 8 heteroatoms. The zero-order chi connectivity index (χ0) is 26.0. The lowest BCUT2D eigenvalue weighted by molar-refractivity contribution is -0.347. The Morgan fingerprint density at radius 1 is 1.08 bits per heavy atom. The highest BCUT2D eigenvalue weighted by atomic mass is 19.2. The van der Waals surface area contributed by atoms with Gasteiger partial charge in [-0.3, -0.25) is 0 Å². The molecule has 5 aliphatic rings. The molecule has 7 rings (SSSR count). The van der Waals surface area contributed by atoms with E-state index in [1.807, 2.05) is 31.1 Å². The van der Waals surface area contributed by atoms with Crippen LogP contribution in [0.5, 0.6) is 0 Å². The van der Waals surface area contributed by atoms with Crippen LogP contribution in [0.25, 0.3) is 16.5 Å². The van der Waals surface area contributed by atoms with Crippen LogP contribution >= 0.6 is 0 Å². The first-order chi connectivity index (χ1) is 17.5. The van der Waals surface area contributed by atoms with Crippen LogP contribution < -0.4 is 0 Å². The Hall–Kier alpha value is -2.00. The molecule has 2 aromatic rings. The second kappa shape index (κ2) is 7.34. The van der Waals surface area contributed by atoms with Crippen LogP contribution in [0.3, 0.4) is 0 Å². The van der Waals surface area contributed by atoms with Crippen LogP contribution in [-0.2, 0) is 4.74 Å². The summed E-state index contributed by atoms with van der Waals surface area (Å²) >= 11 is 0. The van der Waals surface area contributed by atoms with Crippen molar-refractivity contribution in [2.24, 2.45) is 11.3 Å². The molecular formula is C29H35F2N3O3. The van der Waals surface area contributed by atoms with Gasteiger partial charge in [0.25, 0.3) is 0 Å². The van der Waals surface area contributed by atoms with Gasteiger partial charge in [-0.05, 0) is 81.3 Å². The molecule has 3 aliphatic carbocycles. The molecule has 4 fully saturated rings. The fourth-order valence-electron chi connectivity index (χ4n) is 9.12. The molecule has 3 heterocycles. The van der Waals surface area contributed by atoms with Gasteiger partial charge in [0.2, 0.25) is 0 Å². The number of ether oxygens (including phenoxy) is 1. The molecule has 2 bridgehead atoms. The second-order valence-corrected chi connectivity index (χ2v) is 12.8. The monoisotopic (exact) mass is 511 g/mol. The minimum absolute atomic E-state index is 0.142. The molecule has 9 atom stereocenters. The molecule has 2 N–H and O–H groups in total. The maximum absolute atomic E-state index is 17.2. The number of rotatable bonds is 2. The van der Waals surface area contributed by atoms with E-state index in [9.17, 15) is 10.2 Å². The smallest absolute Gasteiger partial charge is 0.171 e. The average molecular weight is 512 g/mol. The largest absolute Gasteiger partial charge is 0.389 e. The lowest BCUT2D eigenvalue weighted by atomic mass is 9.51. The highest BCUT2D eigenvalue weighted by molar-refractivity contribution is 5.84. The second-order valence-electron chi connectivity index (χ2n) is 12.8. The molecule has 2 aliphatic heterocycles. The van der Waals surface area contributed by atoms with Crippen molar-refractivity contribution in [3.63, 3.8) is 0 Å². The van der Waals surface area contributed by atoms with Gasteiger partial charge < -0.3 is 19.8 Å². The first-order valence-corrected chi connectivity index (χ1v) is 13.5. The van der Waals surface area contributed by atoms with Crippen molar-refractivity contribution in [1.29, 1.82) is 0 Å². The molecule has 2 spiro atoms. The predicted molar refractivity (Wildman–Crippen MR) is 135 cm³/mol. The van der Waals surface area contributed by atoms with Gasteiger partial charge in [0.05, 0.1) is 17.8 Å². The molecule has 2 saturated carbocycles. The van der Waals surface area contributed by atoms with Crippen molar-refractivity contribution >= 4 is 16.5 Å². The summed E-state index contributed by atoms with van der Waals surface area (Å²) < 4.78 is 40.9. The highest BCUT2D eigenvalue weighted by Gasteiger charge is 2.82. The fourth-order valence-corrected chi connectivity index (χ4v) is 9.12. The number of aliphatic hydroxyl groups excluding tert-OH is 2. The highest BCUT2D eigenvalue weighted by Crippen LogP contribution is 2.74. The van der Waals surface area contributed by atoms with Gasteiger partial charge in [0, 0.05) is 23.8 Å². The molecule has 6 nitrogen and oxygen atoms in total. The van der Waals surface area contributed by atoms with E-state index in [0.29, 0.717) is 25.7 Å².